The predicted octanol–water partition coefficient (Wildman–Crippen LogP) is 5.11. The molecule has 6 nitrogen and oxygen atoms in total. The predicted molar refractivity (Wildman–Crippen MR) is 124 cm³/mol. The van der Waals surface area contributed by atoms with Gasteiger partial charge in [-0.05, 0) is 55.8 Å². The van der Waals surface area contributed by atoms with Crippen LogP contribution in [0.2, 0.25) is 10.0 Å². The second-order valence-corrected chi connectivity index (χ2v) is 7.76. The molecule has 2 aromatic carbocycles. The van der Waals surface area contributed by atoms with E-state index in [4.69, 9.17) is 32.7 Å². The van der Waals surface area contributed by atoms with Crippen molar-refractivity contribution >= 4 is 35.3 Å². The number of hydrogen-bond donors (Lipinski definition) is 1. The Labute approximate surface area is 191 Å². The third-order valence-electron chi connectivity index (χ3n) is 4.82. The Morgan fingerprint density at radius 1 is 1.06 bits per heavy atom. The molecule has 0 aliphatic carbocycles. The normalized spacial score (nSPS) is 11.0. The van der Waals surface area contributed by atoms with Crippen LogP contribution in [0.25, 0.3) is 5.69 Å². The van der Waals surface area contributed by atoms with Crippen molar-refractivity contribution < 1.29 is 14.3 Å². The number of aryl methyl sites for hydroxylation is 1. The topological polar surface area (TPSA) is 64.8 Å². The van der Waals surface area contributed by atoms with Crippen molar-refractivity contribution in [2.24, 2.45) is 5.10 Å². The van der Waals surface area contributed by atoms with Gasteiger partial charge in [0.15, 0.2) is 11.5 Å². The molecule has 1 aromatic heterocycles. The van der Waals surface area contributed by atoms with E-state index in [9.17, 15) is 4.79 Å². The largest absolute Gasteiger partial charge is 0.493 e. The van der Waals surface area contributed by atoms with Gasteiger partial charge in [-0.1, -0.05) is 29.3 Å². The first kappa shape index (κ1) is 22.7. The molecular formula is C23H23Cl2N3O3. The molecule has 0 aliphatic heterocycles. The maximum atomic E-state index is 12.3. The van der Waals surface area contributed by atoms with Crippen LogP contribution < -0.4 is 14.9 Å². The molecular weight excluding hydrogens is 437 g/mol. The van der Waals surface area contributed by atoms with Crippen molar-refractivity contribution in [3.05, 3.63) is 75.0 Å². The van der Waals surface area contributed by atoms with Crippen molar-refractivity contribution in [2.45, 2.75) is 20.3 Å². The number of carbonyl (C=O) groups is 1. The third-order valence-corrected chi connectivity index (χ3v) is 5.38. The first-order valence-electron chi connectivity index (χ1n) is 9.51. The Kier molecular flexibility index (Phi) is 7.25. The zero-order valence-electron chi connectivity index (χ0n) is 17.7. The summed E-state index contributed by atoms with van der Waals surface area (Å²) in [6.07, 6.45) is 1.78. The Morgan fingerprint density at radius 2 is 1.81 bits per heavy atom. The van der Waals surface area contributed by atoms with Crippen LogP contribution in [0.15, 0.2) is 47.6 Å². The molecule has 162 valence electrons. The number of methoxy groups -OCH3 is 2. The van der Waals surface area contributed by atoms with E-state index in [0.717, 1.165) is 28.2 Å². The van der Waals surface area contributed by atoms with Gasteiger partial charge in [-0.25, -0.2) is 5.43 Å². The van der Waals surface area contributed by atoms with Crippen LogP contribution >= 0.6 is 23.2 Å². The molecule has 0 saturated heterocycles. The van der Waals surface area contributed by atoms with E-state index in [1.165, 1.54) is 0 Å². The Balaban J connectivity index is 1.72. The summed E-state index contributed by atoms with van der Waals surface area (Å²) in [5.41, 5.74) is 6.91. The lowest BCUT2D eigenvalue weighted by molar-refractivity contribution is -0.120. The van der Waals surface area contributed by atoms with Gasteiger partial charge in [0, 0.05) is 22.0 Å². The fourth-order valence-electron chi connectivity index (χ4n) is 3.34. The minimum atomic E-state index is -0.241. The summed E-state index contributed by atoms with van der Waals surface area (Å²) in [6, 6.07) is 12.6. The number of benzene rings is 2. The van der Waals surface area contributed by atoms with Gasteiger partial charge in [-0.2, -0.15) is 5.10 Å². The van der Waals surface area contributed by atoms with Gasteiger partial charge in [0.2, 0.25) is 5.91 Å². The van der Waals surface area contributed by atoms with Crippen LogP contribution in [0.3, 0.4) is 0 Å². The Bertz CT molecular complexity index is 1140. The highest BCUT2D eigenvalue weighted by molar-refractivity contribution is 6.34. The monoisotopic (exact) mass is 459 g/mol. The highest BCUT2D eigenvalue weighted by Crippen LogP contribution is 2.29. The number of rotatable bonds is 7. The van der Waals surface area contributed by atoms with Crippen molar-refractivity contribution in [1.82, 2.24) is 9.99 Å². The highest BCUT2D eigenvalue weighted by atomic mass is 35.5. The van der Waals surface area contributed by atoms with E-state index < -0.39 is 0 Å². The maximum absolute atomic E-state index is 12.3. The molecule has 0 aliphatic rings. The molecule has 0 atom stereocenters. The molecule has 1 heterocycles. The zero-order chi connectivity index (χ0) is 22.5. The van der Waals surface area contributed by atoms with Crippen LogP contribution in [-0.4, -0.2) is 30.9 Å². The third kappa shape index (κ3) is 5.21. The van der Waals surface area contributed by atoms with E-state index in [1.54, 1.807) is 44.7 Å². The maximum Gasteiger partial charge on any atom is 0.244 e. The summed E-state index contributed by atoms with van der Waals surface area (Å²) in [6.45, 7) is 3.92. The van der Waals surface area contributed by atoms with Gasteiger partial charge in [0.1, 0.15) is 0 Å². The summed E-state index contributed by atoms with van der Waals surface area (Å²) in [5, 5.41) is 5.31. The minimum absolute atomic E-state index is 0.162. The molecule has 0 spiro atoms. The summed E-state index contributed by atoms with van der Waals surface area (Å²) >= 11 is 12.5. The molecule has 0 fully saturated rings. The van der Waals surface area contributed by atoms with E-state index in [2.05, 4.69) is 10.5 Å². The minimum Gasteiger partial charge on any atom is -0.493 e. The average molecular weight is 460 g/mol. The molecule has 8 heteroatoms. The lowest BCUT2D eigenvalue weighted by Gasteiger charge is -2.12. The first-order valence-corrected chi connectivity index (χ1v) is 10.3. The van der Waals surface area contributed by atoms with Crippen LogP contribution in [0, 0.1) is 13.8 Å². The fraction of sp³-hybridized carbons (Fsp3) is 0.217. The summed E-state index contributed by atoms with van der Waals surface area (Å²) in [7, 11) is 3.12. The number of halogens is 2. The van der Waals surface area contributed by atoms with Crippen molar-refractivity contribution in [1.29, 1.82) is 0 Å². The SMILES string of the molecule is COc1ccc(CC(=O)N/N=C/c2cc(C)n(-c3cc(Cl)ccc3Cl)c2C)cc1OC. The summed E-state index contributed by atoms with van der Waals surface area (Å²) in [4.78, 5) is 12.3. The lowest BCUT2D eigenvalue weighted by atomic mass is 10.1. The second-order valence-electron chi connectivity index (χ2n) is 6.92. The van der Waals surface area contributed by atoms with Crippen LogP contribution in [0.4, 0.5) is 0 Å². The molecule has 1 N–H and O–H groups in total. The lowest BCUT2D eigenvalue weighted by Crippen LogP contribution is -2.19. The molecule has 0 bridgehead atoms. The number of nitrogens with zero attached hydrogens (tertiary/aromatic N) is 2. The van der Waals surface area contributed by atoms with Gasteiger partial charge in [0.05, 0.1) is 37.6 Å². The zero-order valence-corrected chi connectivity index (χ0v) is 19.2. The highest BCUT2D eigenvalue weighted by Gasteiger charge is 2.13. The van der Waals surface area contributed by atoms with Gasteiger partial charge < -0.3 is 14.0 Å². The van der Waals surface area contributed by atoms with Gasteiger partial charge in [-0.15, -0.1) is 0 Å². The van der Waals surface area contributed by atoms with Crippen molar-refractivity contribution in [3.63, 3.8) is 0 Å². The smallest absolute Gasteiger partial charge is 0.244 e. The summed E-state index contributed by atoms with van der Waals surface area (Å²) < 4.78 is 12.5. The van der Waals surface area contributed by atoms with E-state index in [1.807, 2.05) is 36.6 Å². The number of ether oxygens (including phenoxy) is 2. The number of aromatic nitrogens is 1. The average Bonchev–Trinajstić information content (AvgIpc) is 3.02. The van der Waals surface area contributed by atoms with Crippen LogP contribution in [-0.2, 0) is 11.2 Å². The first-order chi connectivity index (χ1) is 14.8. The molecule has 3 aromatic rings. The molecule has 3 rings (SSSR count). The number of amides is 1. The fourth-order valence-corrected chi connectivity index (χ4v) is 3.70. The number of hydrazone groups is 1. The standard InChI is InChI=1S/C23H23Cl2N3O3/c1-14-9-17(15(2)28(14)20-12-18(24)6-7-19(20)25)13-26-27-23(29)11-16-5-8-21(30-3)22(10-16)31-4/h5-10,12-13H,11H2,1-4H3,(H,27,29)/b26-13+. The molecule has 31 heavy (non-hydrogen) atoms. The quantitative estimate of drug-likeness (QED) is 0.394. The molecule has 0 radical (unpaired) electrons. The molecule has 0 unspecified atom stereocenters. The van der Waals surface area contributed by atoms with Crippen molar-refractivity contribution in [3.8, 4) is 17.2 Å². The van der Waals surface area contributed by atoms with Gasteiger partial charge >= 0.3 is 0 Å². The van der Waals surface area contributed by atoms with E-state index in [0.29, 0.717) is 21.5 Å². The molecule has 1 amide bonds. The second kappa shape index (κ2) is 9.90. The van der Waals surface area contributed by atoms with Gasteiger partial charge in [-0.3, -0.25) is 4.79 Å². The van der Waals surface area contributed by atoms with Gasteiger partial charge in [0.25, 0.3) is 0 Å². The van der Waals surface area contributed by atoms with E-state index >= 15 is 0 Å². The van der Waals surface area contributed by atoms with Crippen molar-refractivity contribution in [2.75, 3.05) is 14.2 Å². The number of nitrogens with one attached hydrogen (secondary N) is 1. The van der Waals surface area contributed by atoms with Crippen LogP contribution in [0.1, 0.15) is 22.5 Å². The summed E-state index contributed by atoms with van der Waals surface area (Å²) in [5.74, 6) is 0.943. The Hall–Kier alpha value is -2.96. The van der Waals surface area contributed by atoms with E-state index in [-0.39, 0.29) is 12.3 Å². The number of carbonyl (C=O) groups excluding carboxylic acids is 1. The molecule has 0 saturated carbocycles. The Morgan fingerprint density at radius 3 is 2.52 bits per heavy atom. The number of hydrogen-bond acceptors (Lipinski definition) is 4. The van der Waals surface area contributed by atoms with Crippen LogP contribution in [0.5, 0.6) is 11.5 Å².